The molecule has 1 fully saturated rings. The molecule has 0 radical (unpaired) electrons. The van der Waals surface area contributed by atoms with E-state index in [2.05, 4.69) is 27.8 Å². The zero-order chi connectivity index (χ0) is 11.4. The Balaban J connectivity index is 1.86. The molecule has 1 amide bonds. The van der Waals surface area contributed by atoms with Crippen molar-refractivity contribution in [2.45, 2.75) is 25.8 Å². The van der Waals surface area contributed by atoms with E-state index in [0.717, 1.165) is 13.1 Å². The van der Waals surface area contributed by atoms with Crippen LogP contribution in [0.2, 0.25) is 0 Å². The number of amides is 1. The number of aromatic nitrogens is 2. The first kappa shape index (κ1) is 11.1. The Kier molecular flexibility index (Phi) is 3.56. The molecule has 2 atom stereocenters. The molecule has 1 aromatic heterocycles. The van der Waals surface area contributed by atoms with Crippen molar-refractivity contribution in [3.05, 3.63) is 18.0 Å². The van der Waals surface area contributed by atoms with Gasteiger partial charge in [0.05, 0.1) is 0 Å². The number of nitrogens with one attached hydrogen (secondary N) is 3. The molecule has 1 saturated heterocycles. The Morgan fingerprint density at radius 2 is 2.56 bits per heavy atom. The van der Waals surface area contributed by atoms with Gasteiger partial charge in [-0.25, -0.2) is 0 Å². The largest absolute Gasteiger partial charge is 0.348 e. The summed E-state index contributed by atoms with van der Waals surface area (Å²) in [5, 5.41) is 12.8. The molecule has 1 aromatic rings. The number of carbonyl (C=O) groups is 1. The van der Waals surface area contributed by atoms with Crippen LogP contribution in [0.3, 0.4) is 0 Å². The van der Waals surface area contributed by atoms with Crippen LogP contribution in [-0.2, 0) is 0 Å². The van der Waals surface area contributed by atoms with E-state index in [0.29, 0.717) is 11.6 Å². The second-order valence-electron chi connectivity index (χ2n) is 4.34. The number of rotatable bonds is 3. The van der Waals surface area contributed by atoms with Gasteiger partial charge in [-0.05, 0) is 44.8 Å². The molecule has 0 aromatic carbocycles. The van der Waals surface area contributed by atoms with E-state index in [4.69, 9.17) is 0 Å². The summed E-state index contributed by atoms with van der Waals surface area (Å²) in [5.41, 5.74) is 0.524. The van der Waals surface area contributed by atoms with E-state index in [1.807, 2.05) is 0 Å². The summed E-state index contributed by atoms with van der Waals surface area (Å²) in [6.07, 6.45) is 3.95. The van der Waals surface area contributed by atoms with Crippen molar-refractivity contribution in [1.82, 2.24) is 20.8 Å². The highest BCUT2D eigenvalue weighted by atomic mass is 16.2. The van der Waals surface area contributed by atoms with Crippen LogP contribution in [0, 0.1) is 5.92 Å². The first-order valence-electron chi connectivity index (χ1n) is 5.78. The standard InChI is InChI=1S/C11H18N4O/c1-8(9-3-2-5-12-7-9)14-11(16)10-4-6-13-15-10/h4,6,8-9,12H,2-3,5,7H2,1H3,(H,13,15)(H,14,16). The molecule has 3 N–H and O–H groups in total. The van der Waals surface area contributed by atoms with Crippen molar-refractivity contribution in [2.75, 3.05) is 13.1 Å². The fraction of sp³-hybridized carbons (Fsp3) is 0.636. The summed E-state index contributed by atoms with van der Waals surface area (Å²) < 4.78 is 0. The minimum Gasteiger partial charge on any atom is -0.348 e. The van der Waals surface area contributed by atoms with Gasteiger partial charge in [-0.1, -0.05) is 0 Å². The third-order valence-electron chi connectivity index (χ3n) is 3.15. The second kappa shape index (κ2) is 5.12. The van der Waals surface area contributed by atoms with E-state index in [-0.39, 0.29) is 11.9 Å². The third-order valence-corrected chi connectivity index (χ3v) is 3.15. The molecule has 0 bridgehead atoms. The van der Waals surface area contributed by atoms with Crippen LogP contribution in [0.4, 0.5) is 0 Å². The summed E-state index contributed by atoms with van der Waals surface area (Å²) in [4.78, 5) is 11.8. The summed E-state index contributed by atoms with van der Waals surface area (Å²) in [7, 11) is 0. The fourth-order valence-corrected chi connectivity index (χ4v) is 2.09. The number of carbonyl (C=O) groups excluding carboxylic acids is 1. The number of nitrogens with zero attached hydrogens (tertiary/aromatic N) is 1. The highest BCUT2D eigenvalue weighted by molar-refractivity contribution is 5.92. The van der Waals surface area contributed by atoms with Gasteiger partial charge in [0.15, 0.2) is 0 Å². The number of hydrogen-bond donors (Lipinski definition) is 3. The molecule has 2 unspecified atom stereocenters. The molecule has 0 aliphatic carbocycles. The molecular formula is C11H18N4O. The molecular weight excluding hydrogens is 204 g/mol. The lowest BCUT2D eigenvalue weighted by atomic mass is 9.93. The van der Waals surface area contributed by atoms with Crippen LogP contribution in [0.5, 0.6) is 0 Å². The normalized spacial score (nSPS) is 22.7. The van der Waals surface area contributed by atoms with Crippen LogP contribution < -0.4 is 10.6 Å². The quantitative estimate of drug-likeness (QED) is 0.698. The van der Waals surface area contributed by atoms with Crippen LogP contribution in [0.25, 0.3) is 0 Å². The maximum absolute atomic E-state index is 11.8. The number of piperidine rings is 1. The van der Waals surface area contributed by atoms with Crippen molar-refractivity contribution in [3.63, 3.8) is 0 Å². The van der Waals surface area contributed by atoms with Crippen molar-refractivity contribution < 1.29 is 4.79 Å². The summed E-state index contributed by atoms with van der Waals surface area (Å²) in [6, 6.07) is 1.88. The molecule has 0 spiro atoms. The Labute approximate surface area is 95.0 Å². The topological polar surface area (TPSA) is 69.8 Å². The number of H-pyrrole nitrogens is 1. The van der Waals surface area contributed by atoms with E-state index in [1.54, 1.807) is 12.3 Å². The van der Waals surface area contributed by atoms with Gasteiger partial charge >= 0.3 is 0 Å². The first-order valence-corrected chi connectivity index (χ1v) is 5.78. The van der Waals surface area contributed by atoms with Gasteiger partial charge in [-0.15, -0.1) is 0 Å². The van der Waals surface area contributed by atoms with Crippen LogP contribution in [-0.4, -0.2) is 35.2 Å². The first-order chi connectivity index (χ1) is 7.77. The molecule has 1 aliphatic rings. The Morgan fingerprint density at radius 1 is 1.69 bits per heavy atom. The van der Waals surface area contributed by atoms with Crippen molar-refractivity contribution in [1.29, 1.82) is 0 Å². The predicted octanol–water partition coefficient (Wildman–Crippen LogP) is 0.528. The monoisotopic (exact) mass is 222 g/mol. The van der Waals surface area contributed by atoms with Crippen molar-refractivity contribution in [2.24, 2.45) is 5.92 Å². The molecule has 2 heterocycles. The Bertz CT molecular complexity index is 330. The molecule has 2 rings (SSSR count). The number of hydrogen-bond acceptors (Lipinski definition) is 3. The Morgan fingerprint density at radius 3 is 3.19 bits per heavy atom. The SMILES string of the molecule is CC(NC(=O)c1ccn[nH]1)C1CCCNC1. The average molecular weight is 222 g/mol. The van der Waals surface area contributed by atoms with E-state index >= 15 is 0 Å². The third kappa shape index (κ3) is 2.61. The van der Waals surface area contributed by atoms with Crippen LogP contribution >= 0.6 is 0 Å². The van der Waals surface area contributed by atoms with Crippen molar-refractivity contribution >= 4 is 5.91 Å². The maximum Gasteiger partial charge on any atom is 0.269 e. The molecule has 0 saturated carbocycles. The molecule has 1 aliphatic heterocycles. The molecule has 5 nitrogen and oxygen atoms in total. The van der Waals surface area contributed by atoms with Crippen molar-refractivity contribution in [3.8, 4) is 0 Å². The minimum absolute atomic E-state index is 0.0735. The van der Waals surface area contributed by atoms with Crippen LogP contribution in [0.15, 0.2) is 12.3 Å². The highest BCUT2D eigenvalue weighted by Gasteiger charge is 2.21. The molecule has 16 heavy (non-hydrogen) atoms. The summed E-state index contributed by atoms with van der Waals surface area (Å²) in [5.74, 6) is 0.455. The van der Waals surface area contributed by atoms with E-state index < -0.39 is 0 Å². The second-order valence-corrected chi connectivity index (χ2v) is 4.34. The summed E-state index contributed by atoms with van der Waals surface area (Å²) in [6.45, 7) is 4.15. The lowest BCUT2D eigenvalue weighted by molar-refractivity contribution is 0.0917. The predicted molar refractivity (Wildman–Crippen MR) is 61.1 cm³/mol. The zero-order valence-corrected chi connectivity index (χ0v) is 9.49. The summed E-state index contributed by atoms with van der Waals surface area (Å²) >= 11 is 0. The average Bonchev–Trinajstić information content (AvgIpc) is 2.83. The van der Waals surface area contributed by atoms with Gasteiger partial charge in [0, 0.05) is 12.2 Å². The van der Waals surface area contributed by atoms with Gasteiger partial charge in [-0.3, -0.25) is 9.89 Å². The maximum atomic E-state index is 11.8. The van der Waals surface area contributed by atoms with E-state index in [9.17, 15) is 4.79 Å². The van der Waals surface area contributed by atoms with E-state index in [1.165, 1.54) is 12.8 Å². The Hall–Kier alpha value is -1.36. The highest BCUT2D eigenvalue weighted by Crippen LogP contribution is 2.14. The molecule has 88 valence electrons. The lowest BCUT2D eigenvalue weighted by Gasteiger charge is -2.28. The van der Waals surface area contributed by atoms with Gasteiger partial charge in [0.25, 0.3) is 5.91 Å². The van der Waals surface area contributed by atoms with Gasteiger partial charge in [-0.2, -0.15) is 5.10 Å². The van der Waals surface area contributed by atoms with Gasteiger partial charge in [0.2, 0.25) is 0 Å². The molecule has 5 heteroatoms. The fourth-order valence-electron chi connectivity index (χ4n) is 2.09. The zero-order valence-electron chi connectivity index (χ0n) is 9.49. The number of aromatic amines is 1. The van der Waals surface area contributed by atoms with Gasteiger partial charge in [0.1, 0.15) is 5.69 Å². The smallest absolute Gasteiger partial charge is 0.269 e. The minimum atomic E-state index is -0.0735. The lowest BCUT2D eigenvalue weighted by Crippen LogP contribution is -2.44. The van der Waals surface area contributed by atoms with Gasteiger partial charge < -0.3 is 10.6 Å². The van der Waals surface area contributed by atoms with Crippen LogP contribution in [0.1, 0.15) is 30.3 Å².